The molecule has 0 unspecified atom stereocenters. The highest BCUT2D eigenvalue weighted by molar-refractivity contribution is 9.10. The Morgan fingerprint density at radius 1 is 1.04 bits per heavy atom. The van der Waals surface area contributed by atoms with E-state index in [1.165, 1.54) is 0 Å². The summed E-state index contributed by atoms with van der Waals surface area (Å²) in [5.74, 6) is -0.596. The molecule has 0 bridgehead atoms. The van der Waals surface area contributed by atoms with E-state index >= 15 is 0 Å². The highest BCUT2D eigenvalue weighted by Crippen LogP contribution is 2.27. The SMILES string of the molecule is Cc1cccc(C(C)C)c1NC(=O)[C@H](C)OC(=O)c1ccc(Br)cc1. The molecule has 1 N–H and O–H groups in total. The minimum absolute atomic E-state index is 0.274. The average molecular weight is 404 g/mol. The van der Waals surface area contributed by atoms with E-state index in [9.17, 15) is 9.59 Å². The summed E-state index contributed by atoms with van der Waals surface area (Å²) in [4.78, 5) is 24.6. The first-order chi connectivity index (χ1) is 11.8. The molecule has 4 nitrogen and oxygen atoms in total. The van der Waals surface area contributed by atoms with Gasteiger partial charge in [0.05, 0.1) is 5.56 Å². The third-order valence-electron chi connectivity index (χ3n) is 3.91. The number of aryl methyl sites for hydroxylation is 1. The smallest absolute Gasteiger partial charge is 0.338 e. The van der Waals surface area contributed by atoms with E-state index in [1.54, 1.807) is 31.2 Å². The van der Waals surface area contributed by atoms with Crippen molar-refractivity contribution in [1.82, 2.24) is 0 Å². The number of amides is 1. The molecule has 0 fully saturated rings. The van der Waals surface area contributed by atoms with Crippen LogP contribution >= 0.6 is 15.9 Å². The fourth-order valence-corrected chi connectivity index (χ4v) is 2.70. The molecule has 0 heterocycles. The van der Waals surface area contributed by atoms with Crippen molar-refractivity contribution in [2.24, 2.45) is 0 Å². The number of carbonyl (C=O) groups is 2. The van der Waals surface area contributed by atoms with Gasteiger partial charge < -0.3 is 10.1 Å². The summed E-state index contributed by atoms with van der Waals surface area (Å²) in [6.45, 7) is 7.66. The molecular weight excluding hydrogens is 382 g/mol. The number of hydrogen-bond donors (Lipinski definition) is 1. The zero-order valence-electron chi connectivity index (χ0n) is 14.8. The molecule has 1 amide bonds. The number of benzene rings is 2. The maximum absolute atomic E-state index is 12.5. The quantitative estimate of drug-likeness (QED) is 0.709. The number of carbonyl (C=O) groups excluding carboxylic acids is 2. The Balaban J connectivity index is 2.08. The van der Waals surface area contributed by atoms with Crippen LogP contribution in [0.2, 0.25) is 0 Å². The van der Waals surface area contributed by atoms with E-state index in [0.29, 0.717) is 5.56 Å². The molecule has 25 heavy (non-hydrogen) atoms. The number of nitrogens with one attached hydrogen (secondary N) is 1. The van der Waals surface area contributed by atoms with Crippen molar-refractivity contribution in [3.8, 4) is 0 Å². The summed E-state index contributed by atoms with van der Waals surface area (Å²) in [6, 6.07) is 12.7. The Labute approximate surface area is 156 Å². The fraction of sp³-hybridized carbons (Fsp3) is 0.300. The number of hydrogen-bond acceptors (Lipinski definition) is 3. The van der Waals surface area contributed by atoms with Gasteiger partial charge in [-0.25, -0.2) is 4.79 Å². The lowest BCUT2D eigenvalue weighted by atomic mass is 9.98. The highest BCUT2D eigenvalue weighted by atomic mass is 79.9. The van der Waals surface area contributed by atoms with Crippen molar-refractivity contribution in [2.45, 2.75) is 39.7 Å². The molecule has 132 valence electrons. The summed E-state index contributed by atoms with van der Waals surface area (Å²) in [7, 11) is 0. The molecule has 0 aliphatic heterocycles. The monoisotopic (exact) mass is 403 g/mol. The number of para-hydroxylation sites is 1. The summed E-state index contributed by atoms with van der Waals surface area (Å²) in [6.07, 6.45) is -0.893. The number of anilines is 1. The molecule has 0 saturated carbocycles. The summed E-state index contributed by atoms with van der Waals surface area (Å²) in [5.41, 5.74) is 3.22. The molecule has 0 saturated heterocycles. The van der Waals surface area contributed by atoms with Crippen molar-refractivity contribution in [3.05, 3.63) is 63.6 Å². The van der Waals surface area contributed by atoms with Gasteiger partial charge >= 0.3 is 5.97 Å². The second-order valence-electron chi connectivity index (χ2n) is 6.24. The first-order valence-corrected chi connectivity index (χ1v) is 8.95. The zero-order valence-corrected chi connectivity index (χ0v) is 16.4. The van der Waals surface area contributed by atoms with Crippen molar-refractivity contribution in [2.75, 3.05) is 5.32 Å². The lowest BCUT2D eigenvalue weighted by Gasteiger charge is -2.19. The molecular formula is C20H22BrNO3. The van der Waals surface area contributed by atoms with Crippen LogP contribution in [0.15, 0.2) is 46.9 Å². The lowest BCUT2D eigenvalue weighted by Crippen LogP contribution is -2.30. The highest BCUT2D eigenvalue weighted by Gasteiger charge is 2.21. The van der Waals surface area contributed by atoms with Crippen LogP contribution in [0.5, 0.6) is 0 Å². The molecule has 0 spiro atoms. The van der Waals surface area contributed by atoms with Crippen LogP contribution in [0.3, 0.4) is 0 Å². The Bertz CT molecular complexity index is 769. The Morgan fingerprint density at radius 3 is 2.28 bits per heavy atom. The standard InChI is InChI=1S/C20H22BrNO3/c1-12(2)17-7-5-6-13(3)18(17)22-19(23)14(4)25-20(24)15-8-10-16(21)11-9-15/h5-12,14H,1-4H3,(H,22,23)/t14-/m0/s1. The molecule has 0 aliphatic rings. The largest absolute Gasteiger partial charge is 0.449 e. The van der Waals surface area contributed by atoms with Crippen molar-refractivity contribution in [1.29, 1.82) is 0 Å². The summed E-state index contributed by atoms with van der Waals surface area (Å²) < 4.78 is 6.16. The van der Waals surface area contributed by atoms with E-state index in [0.717, 1.165) is 21.3 Å². The van der Waals surface area contributed by atoms with Gasteiger partial charge in [0.2, 0.25) is 0 Å². The van der Waals surface area contributed by atoms with Gasteiger partial charge in [0.1, 0.15) is 0 Å². The molecule has 2 aromatic carbocycles. The van der Waals surface area contributed by atoms with Crippen molar-refractivity contribution in [3.63, 3.8) is 0 Å². The second kappa shape index (κ2) is 8.30. The molecule has 5 heteroatoms. The van der Waals surface area contributed by atoms with Crippen molar-refractivity contribution >= 4 is 33.5 Å². The van der Waals surface area contributed by atoms with Gasteiger partial charge in [-0.05, 0) is 55.2 Å². The zero-order chi connectivity index (χ0) is 18.6. The van der Waals surface area contributed by atoms with E-state index in [-0.39, 0.29) is 11.8 Å². The van der Waals surface area contributed by atoms with E-state index in [1.807, 2.05) is 25.1 Å². The number of esters is 1. The maximum Gasteiger partial charge on any atom is 0.338 e. The normalized spacial score (nSPS) is 11.9. The van der Waals surface area contributed by atoms with Gasteiger partial charge in [0.25, 0.3) is 5.91 Å². The van der Waals surface area contributed by atoms with Gasteiger partial charge in [-0.1, -0.05) is 48.0 Å². The van der Waals surface area contributed by atoms with Crippen LogP contribution < -0.4 is 5.32 Å². The van der Waals surface area contributed by atoms with Crippen LogP contribution in [-0.2, 0) is 9.53 Å². The number of halogens is 1. The topological polar surface area (TPSA) is 55.4 Å². The van der Waals surface area contributed by atoms with Crippen LogP contribution in [0.1, 0.15) is 48.2 Å². The molecule has 0 radical (unpaired) electrons. The summed E-state index contributed by atoms with van der Waals surface area (Å²) in [5, 5.41) is 2.90. The Hall–Kier alpha value is -2.14. The van der Waals surface area contributed by atoms with E-state index in [4.69, 9.17) is 4.74 Å². The van der Waals surface area contributed by atoms with Gasteiger partial charge in [-0.3, -0.25) is 4.79 Å². The van der Waals surface area contributed by atoms with Crippen LogP contribution in [0.4, 0.5) is 5.69 Å². The number of rotatable bonds is 5. The molecule has 2 aromatic rings. The van der Waals surface area contributed by atoms with E-state index < -0.39 is 12.1 Å². The minimum Gasteiger partial charge on any atom is -0.449 e. The second-order valence-corrected chi connectivity index (χ2v) is 7.15. The average Bonchev–Trinajstić information content (AvgIpc) is 2.56. The first kappa shape index (κ1) is 19.2. The van der Waals surface area contributed by atoms with Gasteiger partial charge in [-0.15, -0.1) is 0 Å². The first-order valence-electron chi connectivity index (χ1n) is 8.16. The lowest BCUT2D eigenvalue weighted by molar-refractivity contribution is -0.123. The molecule has 0 aliphatic carbocycles. The van der Waals surface area contributed by atoms with Gasteiger partial charge in [-0.2, -0.15) is 0 Å². The molecule has 1 atom stereocenters. The number of ether oxygens (including phenoxy) is 1. The minimum atomic E-state index is -0.893. The summed E-state index contributed by atoms with van der Waals surface area (Å²) >= 11 is 3.31. The fourth-order valence-electron chi connectivity index (χ4n) is 2.44. The predicted octanol–water partition coefficient (Wildman–Crippen LogP) is 5.06. The van der Waals surface area contributed by atoms with Crippen molar-refractivity contribution < 1.29 is 14.3 Å². The van der Waals surface area contributed by atoms with Crippen LogP contribution in [0, 0.1) is 6.92 Å². The predicted molar refractivity (Wildman–Crippen MR) is 103 cm³/mol. The maximum atomic E-state index is 12.5. The third-order valence-corrected chi connectivity index (χ3v) is 4.44. The third kappa shape index (κ3) is 4.92. The van der Waals surface area contributed by atoms with Crippen LogP contribution in [0.25, 0.3) is 0 Å². The van der Waals surface area contributed by atoms with Crippen LogP contribution in [-0.4, -0.2) is 18.0 Å². The van der Waals surface area contributed by atoms with Gasteiger partial charge in [0.15, 0.2) is 6.10 Å². The Morgan fingerprint density at radius 2 is 1.68 bits per heavy atom. The molecule has 2 rings (SSSR count). The molecule has 0 aromatic heterocycles. The van der Waals surface area contributed by atoms with Gasteiger partial charge in [0, 0.05) is 10.2 Å². The van der Waals surface area contributed by atoms with E-state index in [2.05, 4.69) is 35.1 Å². The Kier molecular flexibility index (Phi) is 6.37.